The SMILES string of the molecule is COc1ccc(COC(=O)[C@H]2CCCC[C@H]2C(=O)N2CCc3c(Cl)ccc(OCc4nnn(C)c4C(F)F)c3C2Cn2cc(C)cn2)c(OC)c1. The number of benzene rings is 2. The summed E-state index contributed by atoms with van der Waals surface area (Å²) in [5.41, 5.74) is 2.76. The Hall–Kier alpha value is -4.72. The van der Waals surface area contributed by atoms with Gasteiger partial charge in [0.15, 0.2) is 0 Å². The molecule has 2 aromatic heterocycles. The number of fused-ring (bicyclic) bond motifs is 1. The smallest absolute Gasteiger partial charge is 0.310 e. The van der Waals surface area contributed by atoms with Gasteiger partial charge in [0.1, 0.15) is 41.9 Å². The number of rotatable bonds is 12. The van der Waals surface area contributed by atoms with Crippen LogP contribution in [0.1, 0.15) is 71.8 Å². The summed E-state index contributed by atoms with van der Waals surface area (Å²) in [7, 11) is 4.50. The second-order valence-corrected chi connectivity index (χ2v) is 13.3. The van der Waals surface area contributed by atoms with E-state index in [1.807, 2.05) is 13.1 Å². The van der Waals surface area contributed by atoms with Crippen molar-refractivity contribution in [3.8, 4) is 17.2 Å². The predicted octanol–water partition coefficient (Wildman–Crippen LogP) is 6.18. The molecule has 3 heterocycles. The number of nitrogens with zero attached hydrogens (tertiary/aromatic N) is 6. The Kier molecular flexibility index (Phi) is 11.1. The minimum Gasteiger partial charge on any atom is -0.497 e. The van der Waals surface area contributed by atoms with E-state index < -0.39 is 30.3 Å². The Morgan fingerprint density at radius 2 is 1.82 bits per heavy atom. The fourth-order valence-corrected chi connectivity index (χ4v) is 7.43. The molecule has 2 aromatic carbocycles. The Morgan fingerprint density at radius 1 is 1.04 bits per heavy atom. The van der Waals surface area contributed by atoms with Gasteiger partial charge in [0.2, 0.25) is 5.91 Å². The molecule has 51 heavy (non-hydrogen) atoms. The highest BCUT2D eigenvalue weighted by molar-refractivity contribution is 6.31. The summed E-state index contributed by atoms with van der Waals surface area (Å²) in [5, 5.41) is 12.7. The molecule has 0 bridgehead atoms. The lowest BCUT2D eigenvalue weighted by Gasteiger charge is -2.42. The topological polar surface area (TPSA) is 123 Å². The molecule has 0 saturated heterocycles. The van der Waals surface area contributed by atoms with Crippen molar-refractivity contribution in [2.75, 3.05) is 20.8 Å². The van der Waals surface area contributed by atoms with Crippen LogP contribution in [0, 0.1) is 18.8 Å². The Labute approximate surface area is 299 Å². The Bertz CT molecular complexity index is 1880. The zero-order valence-electron chi connectivity index (χ0n) is 29.0. The van der Waals surface area contributed by atoms with Gasteiger partial charge in [0, 0.05) is 42.0 Å². The maximum absolute atomic E-state index is 14.7. The standard InChI is InChI=1S/C36H41ClF2N6O6/c1-21-16-40-44(17-21)18-29-32-26(27(37)11-12-30(32)50-20-28-33(34(38)39)43(2)42-41-28)13-14-45(29)35(46)24-7-5-6-8-25(24)36(47)51-19-22-9-10-23(48-3)15-31(22)49-4/h9-12,15-17,24-25,29,34H,5-8,13-14,18-20H2,1-4H3/t24-,25+,29?/m1/s1. The van der Waals surface area contributed by atoms with Crippen LogP contribution in [-0.4, -0.2) is 62.3 Å². The van der Waals surface area contributed by atoms with Gasteiger partial charge in [-0.25, -0.2) is 13.5 Å². The molecule has 1 unspecified atom stereocenters. The van der Waals surface area contributed by atoms with Gasteiger partial charge in [0.25, 0.3) is 6.43 Å². The van der Waals surface area contributed by atoms with Crippen molar-refractivity contribution in [3.05, 3.63) is 81.4 Å². The molecule has 15 heteroatoms. The van der Waals surface area contributed by atoms with Crippen molar-refractivity contribution in [1.82, 2.24) is 29.7 Å². The normalized spacial score (nSPS) is 18.7. The molecule has 1 aliphatic heterocycles. The quantitative estimate of drug-likeness (QED) is 0.158. The number of carbonyl (C=O) groups excluding carboxylic acids is 2. The van der Waals surface area contributed by atoms with Crippen molar-refractivity contribution >= 4 is 23.5 Å². The molecule has 4 aromatic rings. The average Bonchev–Trinajstić information content (AvgIpc) is 3.73. The first-order chi connectivity index (χ1) is 24.6. The molecule has 2 aliphatic rings. The molecular weight excluding hydrogens is 686 g/mol. The summed E-state index contributed by atoms with van der Waals surface area (Å²) in [6, 6.07) is 8.07. The second kappa shape index (κ2) is 15.7. The van der Waals surface area contributed by atoms with E-state index in [-0.39, 0.29) is 37.1 Å². The molecule has 272 valence electrons. The van der Waals surface area contributed by atoms with Crippen LogP contribution in [0.25, 0.3) is 0 Å². The minimum absolute atomic E-state index is 0.00927. The Morgan fingerprint density at radius 3 is 2.53 bits per heavy atom. The summed E-state index contributed by atoms with van der Waals surface area (Å²) in [6.45, 7) is 2.27. The zero-order chi connectivity index (χ0) is 36.2. The summed E-state index contributed by atoms with van der Waals surface area (Å²) in [4.78, 5) is 30.2. The predicted molar refractivity (Wildman–Crippen MR) is 182 cm³/mol. The van der Waals surface area contributed by atoms with E-state index in [9.17, 15) is 18.4 Å². The first-order valence-corrected chi connectivity index (χ1v) is 17.2. The van der Waals surface area contributed by atoms with Crippen molar-refractivity contribution in [1.29, 1.82) is 0 Å². The highest BCUT2D eigenvalue weighted by Crippen LogP contribution is 2.44. The number of amides is 1. The molecule has 3 atom stereocenters. The number of aryl methyl sites for hydroxylation is 2. The van der Waals surface area contributed by atoms with Crippen LogP contribution in [0.15, 0.2) is 42.7 Å². The van der Waals surface area contributed by atoms with Gasteiger partial charge >= 0.3 is 5.97 Å². The van der Waals surface area contributed by atoms with Crippen LogP contribution >= 0.6 is 11.6 Å². The van der Waals surface area contributed by atoms with E-state index in [4.69, 9.17) is 30.5 Å². The van der Waals surface area contributed by atoms with Crippen LogP contribution in [-0.2, 0) is 47.6 Å². The van der Waals surface area contributed by atoms with Crippen LogP contribution < -0.4 is 14.2 Å². The molecule has 0 N–H and O–H groups in total. The number of halogens is 3. The largest absolute Gasteiger partial charge is 0.497 e. The van der Waals surface area contributed by atoms with E-state index in [1.54, 1.807) is 53.2 Å². The van der Waals surface area contributed by atoms with E-state index in [1.165, 1.54) is 14.2 Å². The molecule has 12 nitrogen and oxygen atoms in total. The van der Waals surface area contributed by atoms with Crippen LogP contribution in [0.4, 0.5) is 8.78 Å². The first-order valence-electron chi connectivity index (χ1n) is 16.9. The average molecular weight is 727 g/mol. The highest BCUT2D eigenvalue weighted by atomic mass is 35.5. The van der Waals surface area contributed by atoms with Crippen LogP contribution in [0.3, 0.4) is 0 Å². The Balaban J connectivity index is 1.29. The van der Waals surface area contributed by atoms with Crippen molar-refractivity contribution in [3.63, 3.8) is 0 Å². The lowest BCUT2D eigenvalue weighted by Crippen LogP contribution is -2.48. The number of hydrogen-bond acceptors (Lipinski definition) is 9. The summed E-state index contributed by atoms with van der Waals surface area (Å²) >= 11 is 6.75. The number of alkyl halides is 2. The van der Waals surface area contributed by atoms with Crippen molar-refractivity contribution in [2.45, 2.75) is 71.3 Å². The van der Waals surface area contributed by atoms with E-state index >= 15 is 0 Å². The maximum Gasteiger partial charge on any atom is 0.310 e. The maximum atomic E-state index is 14.7. The third-order valence-corrected chi connectivity index (χ3v) is 10.1. The second-order valence-electron chi connectivity index (χ2n) is 12.9. The molecule has 0 radical (unpaired) electrons. The number of methoxy groups -OCH3 is 2. The van der Waals surface area contributed by atoms with E-state index in [0.29, 0.717) is 59.2 Å². The molecule has 1 fully saturated rings. The third kappa shape index (κ3) is 7.65. The molecule has 1 saturated carbocycles. The third-order valence-electron chi connectivity index (χ3n) is 9.74. The fraction of sp³-hybridized carbons (Fsp3) is 0.472. The molecule has 6 rings (SSSR count). The van der Waals surface area contributed by atoms with Gasteiger partial charge in [-0.3, -0.25) is 14.3 Å². The lowest BCUT2D eigenvalue weighted by molar-refractivity contribution is -0.159. The highest BCUT2D eigenvalue weighted by Gasteiger charge is 2.43. The minimum atomic E-state index is -2.79. The van der Waals surface area contributed by atoms with Gasteiger partial charge in [0.05, 0.1) is 44.8 Å². The monoisotopic (exact) mass is 726 g/mol. The van der Waals surface area contributed by atoms with Gasteiger partial charge in [-0.2, -0.15) is 5.10 Å². The molecule has 1 amide bonds. The van der Waals surface area contributed by atoms with Gasteiger partial charge in [-0.05, 0) is 61.6 Å². The van der Waals surface area contributed by atoms with E-state index in [2.05, 4.69) is 15.4 Å². The first kappa shape index (κ1) is 36.1. The lowest BCUT2D eigenvalue weighted by atomic mass is 9.77. The number of carbonyl (C=O) groups is 2. The summed E-state index contributed by atoms with van der Waals surface area (Å²) < 4.78 is 53.2. The van der Waals surface area contributed by atoms with Gasteiger partial charge < -0.3 is 23.8 Å². The van der Waals surface area contributed by atoms with Crippen LogP contribution in [0.5, 0.6) is 17.2 Å². The fourth-order valence-electron chi connectivity index (χ4n) is 7.18. The molecule has 0 spiro atoms. The zero-order valence-corrected chi connectivity index (χ0v) is 29.7. The molecular formula is C36H41ClF2N6O6. The summed E-state index contributed by atoms with van der Waals surface area (Å²) in [6.07, 6.45) is 3.89. The number of hydrogen-bond donors (Lipinski definition) is 0. The van der Waals surface area contributed by atoms with Crippen LogP contribution in [0.2, 0.25) is 5.02 Å². The van der Waals surface area contributed by atoms with Crippen molar-refractivity contribution < 1.29 is 37.3 Å². The number of aromatic nitrogens is 5. The molecule has 1 aliphatic carbocycles. The number of ether oxygens (including phenoxy) is 4. The van der Waals surface area contributed by atoms with Crippen molar-refractivity contribution in [2.24, 2.45) is 18.9 Å². The number of esters is 1. The van der Waals surface area contributed by atoms with Gasteiger partial charge in [-0.15, -0.1) is 5.10 Å². The summed E-state index contributed by atoms with van der Waals surface area (Å²) in [5.74, 6) is -0.313. The van der Waals surface area contributed by atoms with Gasteiger partial charge in [-0.1, -0.05) is 29.7 Å². The van der Waals surface area contributed by atoms with E-state index in [0.717, 1.165) is 28.7 Å².